The lowest BCUT2D eigenvalue weighted by atomic mass is 10.1. The summed E-state index contributed by atoms with van der Waals surface area (Å²) in [6.07, 6.45) is 1.37. The molecule has 0 aromatic carbocycles. The van der Waals surface area contributed by atoms with Crippen molar-refractivity contribution in [3.8, 4) is 0 Å². The van der Waals surface area contributed by atoms with Crippen LogP contribution in [0.5, 0.6) is 0 Å². The minimum atomic E-state index is 0.250. The Balaban J connectivity index is 1.84. The Kier molecular flexibility index (Phi) is 4.65. The summed E-state index contributed by atoms with van der Waals surface area (Å²) >= 11 is 7.44. The van der Waals surface area contributed by atoms with Crippen LogP contribution in [0.4, 0.5) is 0 Å². The van der Waals surface area contributed by atoms with Gasteiger partial charge in [-0.2, -0.15) is 0 Å². The largest absolute Gasteiger partial charge is 0.340 e. The van der Waals surface area contributed by atoms with Crippen LogP contribution in [-0.4, -0.2) is 36.0 Å². The number of piperazine rings is 1. The van der Waals surface area contributed by atoms with Gasteiger partial charge in [0.2, 0.25) is 5.91 Å². The molecule has 1 amide bonds. The maximum absolute atomic E-state index is 12.1. The topological polar surface area (TPSA) is 32.3 Å². The van der Waals surface area contributed by atoms with Crippen molar-refractivity contribution in [2.45, 2.75) is 38.8 Å². The van der Waals surface area contributed by atoms with Gasteiger partial charge in [0.05, 0.1) is 4.34 Å². The summed E-state index contributed by atoms with van der Waals surface area (Å²) in [7, 11) is 0. The van der Waals surface area contributed by atoms with E-state index in [-0.39, 0.29) is 5.91 Å². The van der Waals surface area contributed by atoms with Crippen LogP contribution >= 0.6 is 22.9 Å². The lowest BCUT2D eigenvalue weighted by molar-refractivity contribution is -0.132. The van der Waals surface area contributed by atoms with Crippen molar-refractivity contribution < 1.29 is 4.79 Å². The Morgan fingerprint density at radius 2 is 2.11 bits per heavy atom. The van der Waals surface area contributed by atoms with Gasteiger partial charge in [0.15, 0.2) is 0 Å². The van der Waals surface area contributed by atoms with Gasteiger partial charge in [-0.15, -0.1) is 11.3 Å². The smallest absolute Gasteiger partial charge is 0.223 e. The summed E-state index contributed by atoms with van der Waals surface area (Å²) < 4.78 is 0.793. The standard InChI is InChI=1S/C13H19ClN2OS/c1-9-7-16(8-10(2)15-9)13(17)6-4-11-3-5-12(14)18-11/h3,5,9-10,15H,4,6-8H2,1-2H3/t9-,10-/m1/s1. The quantitative estimate of drug-likeness (QED) is 0.926. The second kappa shape index (κ2) is 6.04. The second-order valence-electron chi connectivity index (χ2n) is 4.97. The van der Waals surface area contributed by atoms with Gasteiger partial charge in [-0.25, -0.2) is 0 Å². The minimum absolute atomic E-state index is 0.250. The number of aryl methyl sites for hydroxylation is 1. The molecule has 3 nitrogen and oxygen atoms in total. The highest BCUT2D eigenvalue weighted by molar-refractivity contribution is 7.16. The van der Waals surface area contributed by atoms with Crippen molar-refractivity contribution in [1.29, 1.82) is 0 Å². The zero-order chi connectivity index (χ0) is 13.1. The van der Waals surface area contributed by atoms with Crippen LogP contribution in [0.3, 0.4) is 0 Å². The highest BCUT2D eigenvalue weighted by Gasteiger charge is 2.24. The van der Waals surface area contributed by atoms with Crippen LogP contribution in [-0.2, 0) is 11.2 Å². The van der Waals surface area contributed by atoms with Gasteiger partial charge in [0.1, 0.15) is 0 Å². The maximum Gasteiger partial charge on any atom is 0.223 e. The molecule has 5 heteroatoms. The van der Waals surface area contributed by atoms with E-state index in [2.05, 4.69) is 19.2 Å². The molecule has 1 saturated heterocycles. The van der Waals surface area contributed by atoms with E-state index in [1.807, 2.05) is 17.0 Å². The summed E-state index contributed by atoms with van der Waals surface area (Å²) in [4.78, 5) is 15.3. The molecule has 100 valence electrons. The van der Waals surface area contributed by atoms with Crippen molar-refractivity contribution in [2.24, 2.45) is 0 Å². The van der Waals surface area contributed by atoms with Crippen LogP contribution in [0, 0.1) is 0 Å². The van der Waals surface area contributed by atoms with Gasteiger partial charge in [-0.3, -0.25) is 4.79 Å². The third-order valence-corrected chi connectivity index (χ3v) is 4.42. The zero-order valence-corrected chi connectivity index (χ0v) is 12.4. The van der Waals surface area contributed by atoms with Crippen LogP contribution < -0.4 is 5.32 Å². The van der Waals surface area contributed by atoms with Gasteiger partial charge < -0.3 is 10.2 Å². The number of thiophene rings is 1. The fourth-order valence-corrected chi connectivity index (χ4v) is 3.49. The Morgan fingerprint density at radius 1 is 1.44 bits per heavy atom. The number of carbonyl (C=O) groups excluding carboxylic acids is 1. The van der Waals surface area contributed by atoms with E-state index in [4.69, 9.17) is 11.6 Å². The van der Waals surface area contributed by atoms with Crippen LogP contribution in [0.1, 0.15) is 25.1 Å². The van der Waals surface area contributed by atoms with E-state index in [9.17, 15) is 4.79 Å². The molecule has 1 aliphatic heterocycles. The summed E-state index contributed by atoms with van der Waals surface area (Å²) in [6, 6.07) is 4.66. The van der Waals surface area contributed by atoms with E-state index < -0.39 is 0 Å². The van der Waals surface area contributed by atoms with Gasteiger partial charge >= 0.3 is 0 Å². The fourth-order valence-electron chi connectivity index (χ4n) is 2.40. The first-order valence-corrected chi connectivity index (χ1v) is 7.52. The number of carbonyl (C=O) groups is 1. The lowest BCUT2D eigenvalue weighted by Gasteiger charge is -2.36. The monoisotopic (exact) mass is 286 g/mol. The minimum Gasteiger partial charge on any atom is -0.340 e. The molecule has 1 N–H and O–H groups in total. The number of nitrogens with zero attached hydrogens (tertiary/aromatic N) is 1. The van der Waals surface area contributed by atoms with Crippen LogP contribution in [0.2, 0.25) is 4.34 Å². The Labute approximate surface area is 117 Å². The molecule has 0 unspecified atom stereocenters. The molecule has 2 rings (SSSR count). The maximum atomic E-state index is 12.1. The van der Waals surface area contributed by atoms with Crippen LogP contribution in [0.25, 0.3) is 0 Å². The van der Waals surface area contributed by atoms with Crippen molar-refractivity contribution in [3.63, 3.8) is 0 Å². The number of hydrogen-bond acceptors (Lipinski definition) is 3. The highest BCUT2D eigenvalue weighted by atomic mass is 35.5. The summed E-state index contributed by atoms with van der Waals surface area (Å²) in [5, 5.41) is 3.43. The summed E-state index contributed by atoms with van der Waals surface area (Å²) in [5.74, 6) is 0.250. The van der Waals surface area contributed by atoms with E-state index in [1.54, 1.807) is 11.3 Å². The molecule has 1 fully saturated rings. The zero-order valence-electron chi connectivity index (χ0n) is 10.8. The van der Waals surface area contributed by atoms with E-state index in [1.165, 1.54) is 4.88 Å². The van der Waals surface area contributed by atoms with Crippen molar-refractivity contribution in [3.05, 3.63) is 21.3 Å². The molecule has 18 heavy (non-hydrogen) atoms. The number of rotatable bonds is 3. The average Bonchev–Trinajstić information content (AvgIpc) is 2.70. The lowest BCUT2D eigenvalue weighted by Crippen LogP contribution is -2.55. The molecule has 2 heterocycles. The fraction of sp³-hybridized carbons (Fsp3) is 0.615. The molecule has 1 aromatic heterocycles. The third kappa shape index (κ3) is 3.70. The highest BCUT2D eigenvalue weighted by Crippen LogP contribution is 2.22. The van der Waals surface area contributed by atoms with Crippen LogP contribution in [0.15, 0.2) is 12.1 Å². The molecule has 0 saturated carbocycles. The molecule has 2 atom stereocenters. The van der Waals surface area contributed by atoms with E-state index >= 15 is 0 Å². The Bertz CT molecular complexity index is 411. The first-order chi connectivity index (χ1) is 8.54. The molecule has 1 aromatic rings. The third-order valence-electron chi connectivity index (χ3n) is 3.12. The summed E-state index contributed by atoms with van der Waals surface area (Å²) in [5.41, 5.74) is 0. The van der Waals surface area contributed by atoms with Crippen molar-refractivity contribution in [2.75, 3.05) is 13.1 Å². The summed E-state index contributed by atoms with van der Waals surface area (Å²) in [6.45, 7) is 5.87. The van der Waals surface area contributed by atoms with E-state index in [0.717, 1.165) is 23.8 Å². The molecule has 1 aliphatic rings. The Hall–Kier alpha value is -0.580. The predicted molar refractivity (Wildman–Crippen MR) is 76.3 cm³/mol. The number of halogens is 1. The number of hydrogen-bond donors (Lipinski definition) is 1. The molecule has 0 radical (unpaired) electrons. The van der Waals surface area contributed by atoms with Crippen molar-refractivity contribution >= 4 is 28.8 Å². The molecule has 0 bridgehead atoms. The van der Waals surface area contributed by atoms with E-state index in [0.29, 0.717) is 18.5 Å². The SMILES string of the molecule is C[C@@H]1CN(C(=O)CCc2ccc(Cl)s2)C[C@@H](C)N1. The van der Waals surface area contributed by atoms with Crippen molar-refractivity contribution in [1.82, 2.24) is 10.2 Å². The Morgan fingerprint density at radius 3 is 2.67 bits per heavy atom. The first-order valence-electron chi connectivity index (χ1n) is 6.32. The molecule has 0 spiro atoms. The average molecular weight is 287 g/mol. The van der Waals surface area contributed by atoms with Gasteiger partial charge in [-0.05, 0) is 32.4 Å². The predicted octanol–water partition coefficient (Wildman–Crippen LogP) is 2.54. The number of nitrogens with one attached hydrogen (secondary N) is 1. The normalized spacial score (nSPS) is 24.3. The molecule has 0 aliphatic carbocycles. The first kappa shape index (κ1) is 13.8. The molecular weight excluding hydrogens is 268 g/mol. The van der Waals surface area contributed by atoms with Gasteiger partial charge in [-0.1, -0.05) is 11.6 Å². The van der Waals surface area contributed by atoms with Gasteiger partial charge in [0, 0.05) is 36.5 Å². The van der Waals surface area contributed by atoms with Gasteiger partial charge in [0.25, 0.3) is 0 Å². The molecular formula is C13H19ClN2OS. The number of amides is 1. The second-order valence-corrected chi connectivity index (χ2v) is 6.77.